The van der Waals surface area contributed by atoms with Gasteiger partial charge in [-0.3, -0.25) is 4.79 Å². The summed E-state index contributed by atoms with van der Waals surface area (Å²) in [5, 5.41) is 186. The van der Waals surface area contributed by atoms with Crippen LogP contribution in [0.1, 0.15) is 113 Å². The number of carboxylic acid groups (broad SMARTS) is 1. The van der Waals surface area contributed by atoms with E-state index in [4.69, 9.17) is 56.8 Å². The third kappa shape index (κ3) is 12.3. The Balaban J connectivity index is 0.839. The molecule has 0 aromatic rings. The average Bonchev–Trinajstić information content (AvgIpc) is 0.672. The van der Waals surface area contributed by atoms with Crippen molar-refractivity contribution in [3.05, 3.63) is 11.6 Å². The fourth-order valence-electron chi connectivity index (χ4n) is 18.7. The number of fused-ring (bicyclic) bond motifs is 7. The highest BCUT2D eigenvalue weighted by atomic mass is 16.8. The van der Waals surface area contributed by atoms with E-state index >= 15 is 4.79 Å². The number of aliphatic carboxylic acids is 1. The van der Waals surface area contributed by atoms with Crippen molar-refractivity contribution in [1.29, 1.82) is 0 Å². The molecule has 0 aromatic carbocycles. The molecule has 31 heteroatoms. The van der Waals surface area contributed by atoms with Crippen LogP contribution < -0.4 is 0 Å². The Morgan fingerprint density at radius 1 is 0.521 bits per heavy atom. The molecule has 10 fully saturated rings. The summed E-state index contributed by atoms with van der Waals surface area (Å²) in [5.74, 6) is -2.88. The molecule has 0 radical (unpaired) electrons. The van der Waals surface area contributed by atoms with Crippen LogP contribution >= 0.6 is 0 Å². The predicted molar refractivity (Wildman–Crippen MR) is 311 cm³/mol. The van der Waals surface area contributed by atoms with Crippen LogP contribution in [0.3, 0.4) is 0 Å². The van der Waals surface area contributed by atoms with Crippen LogP contribution in [0.5, 0.6) is 0 Å². The third-order valence-electron chi connectivity index (χ3n) is 24.4. The second kappa shape index (κ2) is 26.8. The molecule has 6 heterocycles. The van der Waals surface area contributed by atoms with E-state index in [1.807, 2.05) is 0 Å². The first-order valence-electron chi connectivity index (χ1n) is 33.0. The van der Waals surface area contributed by atoms with Gasteiger partial charge in [-0.25, -0.2) is 4.79 Å². The monoisotopic (exact) mass is 1350 g/mol. The normalized spacial score (nSPS) is 54.2. The summed E-state index contributed by atoms with van der Waals surface area (Å²) in [7, 11) is 0. The lowest BCUT2D eigenvalue weighted by molar-refractivity contribution is -0.393. The predicted octanol–water partition coefficient (Wildman–Crippen LogP) is -4.38. The van der Waals surface area contributed by atoms with Crippen molar-refractivity contribution in [3.63, 3.8) is 0 Å². The van der Waals surface area contributed by atoms with Gasteiger partial charge in [0, 0.05) is 0 Å². The van der Waals surface area contributed by atoms with Gasteiger partial charge < -0.3 is 144 Å². The second-order valence-corrected chi connectivity index (χ2v) is 30.7. The summed E-state index contributed by atoms with van der Waals surface area (Å²) in [6.07, 6.45) is -43.2. The molecule has 0 amide bonds. The molecule has 4 saturated carbocycles. The van der Waals surface area contributed by atoms with Crippen molar-refractivity contribution < 1.29 is 153 Å². The Kier molecular flexibility index (Phi) is 20.8. The minimum Gasteiger partial charge on any atom is -0.479 e. The lowest BCUT2D eigenvalue weighted by Crippen LogP contribution is -2.68. The summed E-state index contributed by atoms with van der Waals surface area (Å²) in [6, 6.07) is 0. The second-order valence-electron chi connectivity index (χ2n) is 30.7. The van der Waals surface area contributed by atoms with Crippen LogP contribution in [0.4, 0.5) is 0 Å². The van der Waals surface area contributed by atoms with Gasteiger partial charge >= 0.3 is 11.9 Å². The zero-order chi connectivity index (χ0) is 68.6. The zero-order valence-corrected chi connectivity index (χ0v) is 54.1. The fraction of sp³-hybridized carbons (Fsp3) is 0.937. The summed E-state index contributed by atoms with van der Waals surface area (Å²) in [6.45, 7) is 14.0. The Morgan fingerprint density at radius 3 is 1.73 bits per heavy atom. The molecule has 6 saturated heterocycles. The van der Waals surface area contributed by atoms with Gasteiger partial charge in [-0.2, -0.15) is 0 Å². The number of carbonyl (C=O) groups excluding carboxylic acids is 1. The summed E-state index contributed by atoms with van der Waals surface area (Å²) in [5.41, 5.74) is -2.92. The highest BCUT2D eigenvalue weighted by Gasteiger charge is 2.72. The molecule has 538 valence electrons. The van der Waals surface area contributed by atoms with E-state index in [-0.39, 0.29) is 35.5 Å². The standard InChI is InChI=1S/C63H100O31/c1-23-45(89-51-40(75)34(69)26(65)20-83-51)47(91-52-43(78)46(28(67)22-84-52)90-53-41(76)37(72)36(71)29(19-64)87-53)44(79)55(86-23)93-49-35(70)27(66)21-85-56(49)94-57(82)63-16-15-58(2,3)17-25(63)24-9-10-31-60(6)13-12-33(88-54-42(77)38(73)39(74)48(92-54)50(80)81)59(4,5)30(60)11-14-61(31,7)62(24,8)18-32(63)68/h9,23,25-49,51-56,64-79H,10-22H2,1-8H3,(H,80,81)/t23-,25+,26+,27+,28-,29-,30-,31+,32+,33-,34-,35+,36-,37+,38-,39-,40+,41-,42+,43-,44+,45-,46+,47-,48-,49-,51-,52+,53+,54+,55-,56+,60-,61+,62+,63+/m0/s1. The maximum atomic E-state index is 15.7. The summed E-state index contributed by atoms with van der Waals surface area (Å²) in [4.78, 5) is 27.7. The number of aliphatic hydroxyl groups excluding tert-OH is 16. The highest BCUT2D eigenvalue weighted by Crippen LogP contribution is 2.76. The van der Waals surface area contributed by atoms with Crippen molar-refractivity contribution in [2.24, 2.45) is 50.2 Å². The summed E-state index contributed by atoms with van der Waals surface area (Å²) >= 11 is 0. The lowest BCUT2D eigenvalue weighted by Gasteiger charge is -2.71. The molecular formula is C63H100O31. The van der Waals surface area contributed by atoms with Gasteiger partial charge in [0.25, 0.3) is 0 Å². The fourth-order valence-corrected chi connectivity index (χ4v) is 18.7. The van der Waals surface area contributed by atoms with Crippen molar-refractivity contribution in [2.75, 3.05) is 26.4 Å². The van der Waals surface area contributed by atoms with Gasteiger partial charge in [-0.05, 0) is 110 Å². The number of ether oxygens (including phenoxy) is 12. The minimum absolute atomic E-state index is 0.0302. The van der Waals surface area contributed by atoms with Gasteiger partial charge in [0.05, 0.1) is 44.7 Å². The van der Waals surface area contributed by atoms with Gasteiger partial charge in [0.15, 0.2) is 43.7 Å². The number of allylic oxidation sites excluding steroid dienone is 2. The maximum absolute atomic E-state index is 15.7. The van der Waals surface area contributed by atoms with Crippen LogP contribution in [0.25, 0.3) is 0 Å². The van der Waals surface area contributed by atoms with Crippen LogP contribution in [-0.4, -0.2) is 303 Å². The number of carboxylic acids is 1. The number of aliphatic hydroxyl groups is 16. The summed E-state index contributed by atoms with van der Waals surface area (Å²) < 4.78 is 71.7. The molecule has 0 aromatic heterocycles. The lowest BCUT2D eigenvalue weighted by atomic mass is 9.33. The highest BCUT2D eigenvalue weighted by molar-refractivity contribution is 5.80. The first kappa shape index (κ1) is 72.8. The van der Waals surface area contributed by atoms with Crippen LogP contribution in [0, 0.1) is 50.2 Å². The molecule has 11 aliphatic rings. The molecule has 94 heavy (non-hydrogen) atoms. The average molecular weight is 1350 g/mol. The molecule has 31 nitrogen and oxygen atoms in total. The van der Waals surface area contributed by atoms with Crippen molar-refractivity contribution in [2.45, 2.75) is 291 Å². The van der Waals surface area contributed by atoms with Gasteiger partial charge in [0.2, 0.25) is 6.29 Å². The molecular weight excluding hydrogens is 1250 g/mol. The minimum atomic E-state index is -2.12. The van der Waals surface area contributed by atoms with E-state index in [2.05, 4.69) is 54.5 Å². The first-order chi connectivity index (χ1) is 44.0. The zero-order valence-electron chi connectivity index (χ0n) is 54.1. The molecule has 6 aliphatic heterocycles. The number of carbonyl (C=O) groups is 2. The SMILES string of the molecule is C[C@@H]1O[C@@H](O[C@@H]2[C@@H](OC(=O)[C@]34CCC(C)(C)C[C@@H]3C3=CC[C@@H]5[C@@]6(C)CC[C@H](O[C@@H]7O[C@H](C(=O)O)[C@@H](O)[C@H](O)[C@H]7O)C(C)(C)[C@@H]6CC[C@@]5(C)[C@]3(C)C[C@H]4O)OC[C@@H](O)[C@H]2O)[C@H](O)[C@H](O[C@H]2OC[C@H](O)[C@@H](O[C@H]3O[C@@H](CO)[C@H](O)[C@@H](O)[C@@H]3O)[C@@H]2O)[C@H]1O[C@@H]1OC[C@@H](O)[C@H](O)[C@H]1O. The Morgan fingerprint density at radius 2 is 1.07 bits per heavy atom. The molecule has 0 spiro atoms. The number of rotatable bonds is 14. The van der Waals surface area contributed by atoms with Crippen molar-refractivity contribution in [3.8, 4) is 0 Å². The number of hydrogen-bond donors (Lipinski definition) is 17. The number of hydrogen-bond acceptors (Lipinski definition) is 30. The van der Waals surface area contributed by atoms with Crippen molar-refractivity contribution >= 4 is 11.9 Å². The largest absolute Gasteiger partial charge is 0.479 e. The van der Waals surface area contributed by atoms with E-state index < -0.39 is 244 Å². The van der Waals surface area contributed by atoms with Gasteiger partial charge in [-0.1, -0.05) is 60.1 Å². The maximum Gasteiger partial charge on any atom is 0.335 e. The molecule has 0 unspecified atom stereocenters. The smallest absolute Gasteiger partial charge is 0.335 e. The molecule has 0 bridgehead atoms. The van der Waals surface area contributed by atoms with E-state index in [1.165, 1.54) is 6.92 Å². The molecule has 17 N–H and O–H groups in total. The Labute approximate surface area is 543 Å². The van der Waals surface area contributed by atoms with Crippen LogP contribution in [0.15, 0.2) is 11.6 Å². The first-order valence-corrected chi connectivity index (χ1v) is 33.0. The molecule has 36 atom stereocenters. The van der Waals surface area contributed by atoms with Crippen LogP contribution in [-0.2, 0) is 66.4 Å². The topological polar surface area (TPSA) is 489 Å². The van der Waals surface area contributed by atoms with Crippen molar-refractivity contribution in [1.82, 2.24) is 0 Å². The van der Waals surface area contributed by atoms with E-state index in [1.54, 1.807) is 0 Å². The Hall–Kier alpha value is -2.40. The molecule has 5 aliphatic carbocycles. The van der Waals surface area contributed by atoms with E-state index in [0.29, 0.717) is 38.5 Å². The quantitative estimate of drug-likeness (QED) is 0.0444. The van der Waals surface area contributed by atoms with Crippen LogP contribution in [0.2, 0.25) is 0 Å². The van der Waals surface area contributed by atoms with Gasteiger partial charge in [-0.15, -0.1) is 0 Å². The molecule has 11 rings (SSSR count). The number of esters is 1. The Bertz CT molecular complexity index is 2710. The van der Waals surface area contributed by atoms with Gasteiger partial charge in [0.1, 0.15) is 115 Å². The third-order valence-corrected chi connectivity index (χ3v) is 24.4. The van der Waals surface area contributed by atoms with E-state index in [9.17, 15) is 91.6 Å². The van der Waals surface area contributed by atoms with E-state index in [0.717, 1.165) is 12.0 Å².